The maximum Gasteiger partial charge on any atom is 0.131 e. The second-order valence-electron chi connectivity index (χ2n) is 3.28. The molecule has 1 aliphatic rings. The Morgan fingerprint density at radius 3 is 2.36 bits per heavy atom. The molecule has 1 aromatic heterocycles. The van der Waals surface area contributed by atoms with Crippen LogP contribution in [0.2, 0.25) is 5.02 Å². The molecule has 2 heterocycles. The van der Waals surface area contributed by atoms with E-state index in [0.717, 1.165) is 31.8 Å². The summed E-state index contributed by atoms with van der Waals surface area (Å²) in [6.07, 6.45) is 5.60. The van der Waals surface area contributed by atoms with Crippen LogP contribution in [0.4, 0.5) is 0 Å². The minimum absolute atomic E-state index is 0. The first kappa shape index (κ1) is 11.7. The van der Waals surface area contributed by atoms with Crippen LogP contribution in [0.1, 0.15) is 24.6 Å². The molecule has 1 aliphatic heterocycles. The fourth-order valence-electron chi connectivity index (χ4n) is 1.61. The summed E-state index contributed by atoms with van der Waals surface area (Å²) in [7, 11) is 0. The van der Waals surface area contributed by atoms with Gasteiger partial charge in [0.2, 0.25) is 0 Å². The number of nitrogens with zero attached hydrogens (tertiary/aromatic N) is 2. The Hall–Kier alpha value is -0.380. The monoisotopic (exact) mass is 233 g/mol. The van der Waals surface area contributed by atoms with Gasteiger partial charge in [-0.1, -0.05) is 11.6 Å². The summed E-state index contributed by atoms with van der Waals surface area (Å²) in [5.74, 6) is 1.45. The van der Waals surface area contributed by atoms with Crippen molar-refractivity contribution in [3.8, 4) is 0 Å². The molecule has 3 nitrogen and oxygen atoms in total. The molecule has 2 rings (SSSR count). The Kier molecular flexibility index (Phi) is 4.58. The van der Waals surface area contributed by atoms with E-state index in [9.17, 15) is 0 Å². The lowest BCUT2D eigenvalue weighted by molar-refractivity contribution is 0.445. The Morgan fingerprint density at radius 1 is 1.21 bits per heavy atom. The van der Waals surface area contributed by atoms with Gasteiger partial charge in [-0.2, -0.15) is 0 Å². The van der Waals surface area contributed by atoms with Crippen LogP contribution in [0.15, 0.2) is 12.4 Å². The van der Waals surface area contributed by atoms with Crippen molar-refractivity contribution in [1.29, 1.82) is 0 Å². The second kappa shape index (κ2) is 5.49. The number of halogens is 2. The molecule has 0 bridgehead atoms. The maximum atomic E-state index is 5.71. The number of hydrogen-bond acceptors (Lipinski definition) is 3. The first-order valence-electron chi connectivity index (χ1n) is 4.54. The third-order valence-electron chi connectivity index (χ3n) is 2.34. The van der Waals surface area contributed by atoms with Crippen LogP contribution in [-0.4, -0.2) is 23.1 Å². The molecule has 0 atom stereocenters. The summed E-state index contributed by atoms with van der Waals surface area (Å²) in [4.78, 5) is 8.46. The van der Waals surface area contributed by atoms with Crippen molar-refractivity contribution in [3.05, 3.63) is 23.2 Å². The van der Waals surface area contributed by atoms with Gasteiger partial charge >= 0.3 is 0 Å². The van der Waals surface area contributed by atoms with Crippen LogP contribution < -0.4 is 5.32 Å². The highest BCUT2D eigenvalue weighted by Gasteiger charge is 2.16. The molecular weight excluding hydrogens is 221 g/mol. The number of aromatic nitrogens is 2. The topological polar surface area (TPSA) is 37.8 Å². The van der Waals surface area contributed by atoms with Crippen LogP contribution in [0.5, 0.6) is 0 Å². The smallest absolute Gasteiger partial charge is 0.131 e. The van der Waals surface area contributed by atoms with Crippen LogP contribution in [0.25, 0.3) is 0 Å². The first-order chi connectivity index (χ1) is 6.36. The number of piperidine rings is 1. The quantitative estimate of drug-likeness (QED) is 0.807. The first-order valence-corrected chi connectivity index (χ1v) is 4.92. The number of nitrogens with one attached hydrogen (secondary N) is 1. The van der Waals surface area contributed by atoms with E-state index in [1.807, 2.05) is 0 Å². The van der Waals surface area contributed by atoms with Gasteiger partial charge in [0.15, 0.2) is 0 Å². The van der Waals surface area contributed by atoms with E-state index in [0.29, 0.717) is 10.9 Å². The molecular formula is C9H13Cl2N3. The van der Waals surface area contributed by atoms with Gasteiger partial charge in [0.1, 0.15) is 5.82 Å². The van der Waals surface area contributed by atoms with Gasteiger partial charge in [-0.15, -0.1) is 12.4 Å². The van der Waals surface area contributed by atoms with E-state index in [2.05, 4.69) is 15.3 Å². The van der Waals surface area contributed by atoms with Gasteiger partial charge in [0.25, 0.3) is 0 Å². The molecule has 1 N–H and O–H groups in total. The normalized spacial score (nSPS) is 17.5. The third-order valence-corrected chi connectivity index (χ3v) is 2.54. The van der Waals surface area contributed by atoms with Crippen LogP contribution >= 0.6 is 24.0 Å². The molecule has 0 aliphatic carbocycles. The van der Waals surface area contributed by atoms with Gasteiger partial charge in [-0.3, -0.25) is 0 Å². The number of hydrogen-bond donors (Lipinski definition) is 1. The summed E-state index contributed by atoms with van der Waals surface area (Å²) < 4.78 is 0. The summed E-state index contributed by atoms with van der Waals surface area (Å²) in [6.45, 7) is 2.13. The van der Waals surface area contributed by atoms with Crippen LogP contribution in [0, 0.1) is 0 Å². The molecule has 1 fully saturated rings. The zero-order valence-corrected chi connectivity index (χ0v) is 9.31. The van der Waals surface area contributed by atoms with Crippen molar-refractivity contribution in [2.45, 2.75) is 18.8 Å². The van der Waals surface area contributed by atoms with Gasteiger partial charge in [0.05, 0.1) is 5.02 Å². The Balaban J connectivity index is 0.000000980. The minimum atomic E-state index is 0. The molecule has 78 valence electrons. The highest BCUT2D eigenvalue weighted by molar-refractivity contribution is 6.30. The lowest BCUT2D eigenvalue weighted by atomic mass is 9.97. The standard InChI is InChI=1S/C9H12ClN3.ClH/c10-8-5-12-9(13-6-8)7-1-3-11-4-2-7;/h5-7,11H,1-4H2;1H. The van der Waals surface area contributed by atoms with Crippen molar-refractivity contribution < 1.29 is 0 Å². The fourth-order valence-corrected chi connectivity index (χ4v) is 1.71. The highest BCUT2D eigenvalue weighted by atomic mass is 35.5. The van der Waals surface area contributed by atoms with Gasteiger partial charge in [-0.25, -0.2) is 9.97 Å². The van der Waals surface area contributed by atoms with Crippen molar-refractivity contribution in [2.24, 2.45) is 0 Å². The molecule has 1 aromatic rings. The van der Waals surface area contributed by atoms with Gasteiger partial charge < -0.3 is 5.32 Å². The average Bonchev–Trinajstić information content (AvgIpc) is 2.20. The molecule has 0 spiro atoms. The Labute approximate surface area is 94.7 Å². The molecule has 0 saturated carbocycles. The van der Waals surface area contributed by atoms with E-state index >= 15 is 0 Å². The molecule has 0 unspecified atom stereocenters. The zero-order chi connectivity index (χ0) is 9.10. The summed E-state index contributed by atoms with van der Waals surface area (Å²) in [5, 5.41) is 3.92. The SMILES string of the molecule is Cl.Clc1cnc(C2CCNCC2)nc1. The molecule has 14 heavy (non-hydrogen) atoms. The molecule has 0 amide bonds. The van der Waals surface area contributed by atoms with Crippen molar-refractivity contribution in [2.75, 3.05) is 13.1 Å². The summed E-state index contributed by atoms with van der Waals surface area (Å²) >= 11 is 5.71. The molecule has 0 aromatic carbocycles. The van der Waals surface area contributed by atoms with E-state index in [4.69, 9.17) is 11.6 Å². The highest BCUT2D eigenvalue weighted by Crippen LogP contribution is 2.21. The molecule has 0 radical (unpaired) electrons. The maximum absolute atomic E-state index is 5.71. The summed E-state index contributed by atoms with van der Waals surface area (Å²) in [5.41, 5.74) is 0. The van der Waals surface area contributed by atoms with Crippen LogP contribution in [0.3, 0.4) is 0 Å². The van der Waals surface area contributed by atoms with Crippen molar-refractivity contribution in [3.63, 3.8) is 0 Å². The number of rotatable bonds is 1. The summed E-state index contributed by atoms with van der Waals surface area (Å²) in [6, 6.07) is 0. The third kappa shape index (κ3) is 2.80. The predicted octanol–water partition coefficient (Wildman–Crippen LogP) is 2.02. The Bertz CT molecular complexity index is 270. The fraction of sp³-hybridized carbons (Fsp3) is 0.556. The van der Waals surface area contributed by atoms with E-state index in [1.165, 1.54) is 0 Å². The minimum Gasteiger partial charge on any atom is -0.317 e. The van der Waals surface area contributed by atoms with Gasteiger partial charge in [0, 0.05) is 18.3 Å². The van der Waals surface area contributed by atoms with E-state index < -0.39 is 0 Å². The van der Waals surface area contributed by atoms with Gasteiger partial charge in [-0.05, 0) is 25.9 Å². The largest absolute Gasteiger partial charge is 0.317 e. The van der Waals surface area contributed by atoms with Crippen molar-refractivity contribution in [1.82, 2.24) is 15.3 Å². The van der Waals surface area contributed by atoms with E-state index in [-0.39, 0.29) is 12.4 Å². The average molecular weight is 234 g/mol. The van der Waals surface area contributed by atoms with Crippen molar-refractivity contribution >= 4 is 24.0 Å². The predicted molar refractivity (Wildman–Crippen MR) is 59.1 cm³/mol. The Morgan fingerprint density at radius 2 is 1.79 bits per heavy atom. The lowest BCUT2D eigenvalue weighted by Gasteiger charge is -2.20. The molecule has 5 heteroatoms. The van der Waals surface area contributed by atoms with Crippen LogP contribution in [-0.2, 0) is 0 Å². The second-order valence-corrected chi connectivity index (χ2v) is 3.72. The molecule has 1 saturated heterocycles. The lowest BCUT2D eigenvalue weighted by Crippen LogP contribution is -2.27. The van der Waals surface area contributed by atoms with E-state index in [1.54, 1.807) is 12.4 Å². The zero-order valence-electron chi connectivity index (χ0n) is 7.74.